The Kier molecular flexibility index (Phi) is 5.13. The summed E-state index contributed by atoms with van der Waals surface area (Å²) in [4.78, 5) is 11.8. The first-order chi connectivity index (χ1) is 11.1. The van der Waals surface area contributed by atoms with E-state index in [2.05, 4.69) is 17.4 Å². The zero-order valence-corrected chi connectivity index (χ0v) is 14.0. The van der Waals surface area contributed by atoms with Gasteiger partial charge in [-0.2, -0.15) is 0 Å². The molecule has 1 fully saturated rings. The molecule has 2 aromatic carbocycles. The highest BCUT2D eigenvalue weighted by Crippen LogP contribution is 2.45. The van der Waals surface area contributed by atoms with Gasteiger partial charge >= 0.3 is 0 Å². The Morgan fingerprint density at radius 3 is 2.52 bits per heavy atom. The van der Waals surface area contributed by atoms with Crippen LogP contribution in [0.5, 0.6) is 0 Å². The number of nitrogens with one attached hydrogen (secondary N) is 1. The third-order valence-electron chi connectivity index (χ3n) is 3.58. The molecule has 0 aromatic heterocycles. The van der Waals surface area contributed by atoms with E-state index in [-0.39, 0.29) is 5.82 Å². The van der Waals surface area contributed by atoms with Crippen molar-refractivity contribution in [3.8, 4) is 0 Å². The molecule has 1 amide bonds. The normalized spacial score (nSPS) is 16.2. The van der Waals surface area contributed by atoms with Crippen LogP contribution in [0.25, 0.3) is 0 Å². The van der Waals surface area contributed by atoms with Gasteiger partial charge in [-0.15, -0.1) is 23.5 Å². The number of benzene rings is 2. The second kappa shape index (κ2) is 7.27. The van der Waals surface area contributed by atoms with E-state index in [1.54, 1.807) is 12.1 Å². The molecule has 23 heavy (non-hydrogen) atoms. The number of rotatable bonds is 5. The number of halogens is 1. The van der Waals surface area contributed by atoms with Crippen LogP contribution in [-0.4, -0.2) is 17.4 Å². The smallest absolute Gasteiger partial charge is 0.244 e. The highest BCUT2D eigenvalue weighted by Gasteiger charge is 2.20. The summed E-state index contributed by atoms with van der Waals surface area (Å²) in [6.45, 7) is 0. The van der Waals surface area contributed by atoms with E-state index in [4.69, 9.17) is 5.73 Å². The molecule has 1 atom stereocenters. The molecule has 3 rings (SSSR count). The van der Waals surface area contributed by atoms with Crippen LogP contribution in [0.1, 0.15) is 21.8 Å². The number of carbonyl (C=O) groups excluding carboxylic acids is 1. The second-order valence-electron chi connectivity index (χ2n) is 5.23. The lowest BCUT2D eigenvalue weighted by atomic mass is 10.1. The average Bonchev–Trinajstić information content (AvgIpc) is 3.08. The van der Waals surface area contributed by atoms with Gasteiger partial charge in [0.05, 0.1) is 4.58 Å². The molecule has 3 nitrogen and oxygen atoms in total. The van der Waals surface area contributed by atoms with Crippen molar-refractivity contribution >= 4 is 35.1 Å². The topological polar surface area (TPSA) is 55.1 Å². The molecule has 1 aliphatic rings. The van der Waals surface area contributed by atoms with Crippen molar-refractivity contribution in [2.24, 2.45) is 5.73 Å². The van der Waals surface area contributed by atoms with Gasteiger partial charge < -0.3 is 11.1 Å². The number of anilines is 1. The van der Waals surface area contributed by atoms with Crippen molar-refractivity contribution in [2.75, 3.05) is 16.8 Å². The first-order valence-corrected chi connectivity index (χ1v) is 9.38. The van der Waals surface area contributed by atoms with Gasteiger partial charge in [-0.25, -0.2) is 4.39 Å². The van der Waals surface area contributed by atoms with Crippen LogP contribution in [-0.2, 0) is 4.79 Å². The zero-order valence-electron chi connectivity index (χ0n) is 12.4. The second-order valence-corrected chi connectivity index (χ2v) is 7.95. The van der Waals surface area contributed by atoms with Gasteiger partial charge in [-0.1, -0.05) is 24.3 Å². The number of hydrogen-bond acceptors (Lipinski definition) is 4. The summed E-state index contributed by atoms with van der Waals surface area (Å²) >= 11 is 3.86. The lowest BCUT2D eigenvalue weighted by molar-refractivity contribution is -0.118. The van der Waals surface area contributed by atoms with Crippen LogP contribution in [0.2, 0.25) is 0 Å². The van der Waals surface area contributed by atoms with Gasteiger partial charge in [0, 0.05) is 17.2 Å². The Bertz CT molecular complexity index is 687. The highest BCUT2D eigenvalue weighted by atomic mass is 32.2. The molecule has 120 valence electrons. The van der Waals surface area contributed by atoms with Gasteiger partial charge in [0.25, 0.3) is 0 Å². The van der Waals surface area contributed by atoms with Gasteiger partial charge in [-0.3, -0.25) is 4.79 Å². The first-order valence-electron chi connectivity index (χ1n) is 7.28. The maximum absolute atomic E-state index is 13.1. The predicted molar refractivity (Wildman–Crippen MR) is 96.1 cm³/mol. The fourth-order valence-corrected chi connectivity index (χ4v) is 5.30. The highest BCUT2D eigenvalue weighted by molar-refractivity contribution is 8.19. The SMILES string of the molecule is NC(=O)C(Nc1cccc(C2SCCS2)c1)c1ccc(F)cc1. The summed E-state index contributed by atoms with van der Waals surface area (Å²) in [5.74, 6) is 1.49. The minimum Gasteiger partial charge on any atom is -0.370 e. The lowest BCUT2D eigenvalue weighted by Crippen LogP contribution is -2.27. The number of amides is 1. The van der Waals surface area contributed by atoms with Gasteiger partial charge in [0.1, 0.15) is 11.9 Å². The molecule has 1 unspecified atom stereocenters. The van der Waals surface area contributed by atoms with E-state index in [9.17, 15) is 9.18 Å². The van der Waals surface area contributed by atoms with Crippen molar-refractivity contribution in [3.05, 3.63) is 65.5 Å². The molecule has 0 bridgehead atoms. The molecule has 1 aliphatic heterocycles. The van der Waals surface area contributed by atoms with Crippen LogP contribution in [0.4, 0.5) is 10.1 Å². The van der Waals surface area contributed by atoms with Gasteiger partial charge in [-0.05, 0) is 35.4 Å². The van der Waals surface area contributed by atoms with Crippen LogP contribution in [0.3, 0.4) is 0 Å². The average molecular weight is 348 g/mol. The van der Waals surface area contributed by atoms with E-state index in [0.717, 1.165) is 17.2 Å². The van der Waals surface area contributed by atoms with Crippen molar-refractivity contribution in [1.29, 1.82) is 0 Å². The fraction of sp³-hybridized carbons (Fsp3) is 0.235. The summed E-state index contributed by atoms with van der Waals surface area (Å²) in [6.07, 6.45) is 0. The molecule has 1 heterocycles. The predicted octanol–water partition coefficient (Wildman–Crippen LogP) is 3.94. The number of carbonyl (C=O) groups is 1. The van der Waals surface area contributed by atoms with E-state index >= 15 is 0 Å². The maximum atomic E-state index is 13.1. The molecular formula is C17H17FN2OS2. The molecule has 0 spiro atoms. The number of thioether (sulfide) groups is 2. The standard InChI is InChI=1S/C17H17FN2OS2/c18-13-6-4-11(5-7-13)15(16(19)21)20-14-3-1-2-12(10-14)17-22-8-9-23-17/h1-7,10,15,17,20H,8-9H2,(H2,19,21). The molecule has 0 saturated carbocycles. The molecule has 2 aromatic rings. The number of hydrogen-bond donors (Lipinski definition) is 2. The largest absolute Gasteiger partial charge is 0.370 e. The summed E-state index contributed by atoms with van der Waals surface area (Å²) in [7, 11) is 0. The van der Waals surface area contributed by atoms with Crippen LogP contribution in [0.15, 0.2) is 48.5 Å². The van der Waals surface area contributed by atoms with Gasteiger partial charge in [0.15, 0.2) is 0 Å². The summed E-state index contributed by atoms with van der Waals surface area (Å²) < 4.78 is 13.5. The Morgan fingerprint density at radius 2 is 1.87 bits per heavy atom. The zero-order chi connectivity index (χ0) is 16.2. The van der Waals surface area contributed by atoms with Crippen LogP contribution >= 0.6 is 23.5 Å². The van der Waals surface area contributed by atoms with Crippen LogP contribution in [0, 0.1) is 5.82 Å². The molecule has 1 saturated heterocycles. The molecule has 0 aliphatic carbocycles. The number of primary amides is 1. The minimum atomic E-state index is -0.685. The Labute approximate surface area is 143 Å². The molecular weight excluding hydrogens is 331 g/mol. The van der Waals surface area contributed by atoms with E-state index in [1.165, 1.54) is 17.7 Å². The van der Waals surface area contributed by atoms with Gasteiger partial charge in [0.2, 0.25) is 5.91 Å². The fourth-order valence-electron chi connectivity index (χ4n) is 2.47. The van der Waals surface area contributed by atoms with Crippen molar-refractivity contribution in [3.63, 3.8) is 0 Å². The van der Waals surface area contributed by atoms with E-state index < -0.39 is 11.9 Å². The monoisotopic (exact) mass is 348 g/mol. The van der Waals surface area contributed by atoms with E-state index in [0.29, 0.717) is 10.1 Å². The maximum Gasteiger partial charge on any atom is 0.244 e. The summed E-state index contributed by atoms with van der Waals surface area (Å²) in [6, 6.07) is 13.1. The Balaban J connectivity index is 1.81. The third kappa shape index (κ3) is 4.00. The number of nitrogens with two attached hydrogens (primary N) is 1. The third-order valence-corrected chi connectivity index (χ3v) is 6.68. The summed E-state index contributed by atoms with van der Waals surface area (Å²) in [5, 5.41) is 3.16. The quantitative estimate of drug-likeness (QED) is 0.859. The molecule has 6 heteroatoms. The Hall–Kier alpha value is -1.66. The molecule has 3 N–H and O–H groups in total. The van der Waals surface area contributed by atoms with E-state index in [1.807, 2.05) is 35.7 Å². The minimum absolute atomic E-state index is 0.339. The first kappa shape index (κ1) is 16.2. The van der Waals surface area contributed by atoms with Crippen molar-refractivity contribution in [1.82, 2.24) is 0 Å². The van der Waals surface area contributed by atoms with Crippen LogP contribution < -0.4 is 11.1 Å². The summed E-state index contributed by atoms with van der Waals surface area (Å²) in [5.41, 5.74) is 8.22. The van der Waals surface area contributed by atoms with Crippen molar-refractivity contribution < 1.29 is 9.18 Å². The van der Waals surface area contributed by atoms with Crippen molar-refractivity contribution in [2.45, 2.75) is 10.6 Å². The lowest BCUT2D eigenvalue weighted by Gasteiger charge is -2.18. The Morgan fingerprint density at radius 1 is 1.17 bits per heavy atom. The molecule has 0 radical (unpaired) electrons.